The summed E-state index contributed by atoms with van der Waals surface area (Å²) in [5, 5.41) is 6.00. The molecule has 0 aromatic carbocycles. The molecule has 0 bridgehead atoms. The van der Waals surface area contributed by atoms with E-state index in [1.54, 1.807) is 0 Å². The van der Waals surface area contributed by atoms with Crippen molar-refractivity contribution in [3.8, 4) is 0 Å². The second-order valence-corrected chi connectivity index (χ2v) is 5.65. The van der Waals surface area contributed by atoms with Gasteiger partial charge in [0.2, 0.25) is 5.91 Å². The Balaban J connectivity index is 1.74. The monoisotopic (exact) mass is 294 g/mol. The summed E-state index contributed by atoms with van der Waals surface area (Å²) in [7, 11) is 0. The van der Waals surface area contributed by atoms with E-state index in [1.807, 2.05) is 0 Å². The van der Waals surface area contributed by atoms with E-state index in [0.29, 0.717) is 12.5 Å². The average molecular weight is 294 g/mol. The lowest BCUT2D eigenvalue weighted by atomic mass is 9.67. The van der Waals surface area contributed by atoms with E-state index in [0.717, 1.165) is 32.2 Å². The summed E-state index contributed by atoms with van der Waals surface area (Å²) < 4.78 is 40.1. The van der Waals surface area contributed by atoms with Crippen LogP contribution < -0.4 is 10.6 Å². The maximum absolute atomic E-state index is 12.3. The van der Waals surface area contributed by atoms with Crippen LogP contribution in [0.1, 0.15) is 25.7 Å². The van der Waals surface area contributed by atoms with Crippen molar-refractivity contribution in [1.29, 1.82) is 0 Å². The normalized spacial score (nSPS) is 30.1. The summed E-state index contributed by atoms with van der Waals surface area (Å²) in [4.78, 5) is 12.3. The third-order valence-electron chi connectivity index (χ3n) is 4.29. The lowest BCUT2D eigenvalue weighted by molar-refractivity contribution is -0.173. The molecular formula is C13H21F3N2O2. The zero-order valence-electron chi connectivity index (χ0n) is 11.4. The zero-order valence-corrected chi connectivity index (χ0v) is 11.4. The van der Waals surface area contributed by atoms with Crippen molar-refractivity contribution in [3.63, 3.8) is 0 Å². The number of hydrogen-bond acceptors (Lipinski definition) is 3. The van der Waals surface area contributed by atoms with Crippen LogP contribution in [0.4, 0.5) is 13.2 Å². The Kier molecular flexibility index (Phi) is 4.90. The van der Waals surface area contributed by atoms with E-state index in [-0.39, 0.29) is 24.5 Å². The van der Waals surface area contributed by atoms with E-state index in [1.165, 1.54) is 0 Å². The van der Waals surface area contributed by atoms with Crippen molar-refractivity contribution >= 4 is 5.91 Å². The van der Waals surface area contributed by atoms with Gasteiger partial charge in [0.1, 0.15) is 6.61 Å². The smallest absolute Gasteiger partial charge is 0.370 e. The maximum Gasteiger partial charge on any atom is 0.411 e. The van der Waals surface area contributed by atoms with Gasteiger partial charge in [-0.05, 0) is 25.3 Å². The summed E-state index contributed by atoms with van der Waals surface area (Å²) >= 11 is 0. The van der Waals surface area contributed by atoms with Crippen LogP contribution in [-0.4, -0.2) is 44.9 Å². The lowest BCUT2D eigenvalue weighted by Gasteiger charge is -2.37. The van der Waals surface area contributed by atoms with Crippen LogP contribution in [0.3, 0.4) is 0 Å². The fraction of sp³-hybridized carbons (Fsp3) is 0.923. The van der Waals surface area contributed by atoms with Gasteiger partial charge in [-0.1, -0.05) is 12.8 Å². The molecule has 1 heterocycles. The molecular weight excluding hydrogens is 273 g/mol. The van der Waals surface area contributed by atoms with Crippen LogP contribution in [0.25, 0.3) is 0 Å². The van der Waals surface area contributed by atoms with Gasteiger partial charge in [0.15, 0.2) is 0 Å². The summed E-state index contributed by atoms with van der Waals surface area (Å²) in [5.74, 6) is 0.315. The molecule has 1 saturated heterocycles. The van der Waals surface area contributed by atoms with Crippen molar-refractivity contribution in [1.82, 2.24) is 10.6 Å². The topological polar surface area (TPSA) is 50.4 Å². The van der Waals surface area contributed by atoms with E-state index in [9.17, 15) is 18.0 Å². The molecule has 1 amide bonds. The van der Waals surface area contributed by atoms with Crippen LogP contribution in [0.15, 0.2) is 0 Å². The predicted molar refractivity (Wildman–Crippen MR) is 67.1 cm³/mol. The highest BCUT2D eigenvalue weighted by molar-refractivity contribution is 5.83. The first kappa shape index (κ1) is 15.6. The number of carbonyl (C=O) groups is 1. The molecule has 4 nitrogen and oxygen atoms in total. The van der Waals surface area contributed by atoms with Gasteiger partial charge in [-0.3, -0.25) is 4.79 Å². The largest absolute Gasteiger partial charge is 0.411 e. The van der Waals surface area contributed by atoms with Crippen LogP contribution in [0.2, 0.25) is 0 Å². The van der Waals surface area contributed by atoms with E-state index in [4.69, 9.17) is 0 Å². The molecule has 2 atom stereocenters. The standard InChI is InChI=1S/C13H21F3N2O2/c14-13(15,16)9-20-6-5-18-11(19)12-4-2-1-3-10(12)7-17-8-12/h10,17H,1-9H2,(H,18,19)/t10-,12+/m0/s1. The van der Waals surface area contributed by atoms with Gasteiger partial charge in [-0.15, -0.1) is 0 Å². The Labute approximate surface area is 116 Å². The van der Waals surface area contributed by atoms with Crippen molar-refractivity contribution in [2.24, 2.45) is 11.3 Å². The first-order valence-corrected chi connectivity index (χ1v) is 7.07. The highest BCUT2D eigenvalue weighted by atomic mass is 19.4. The Hall–Kier alpha value is -0.820. The highest BCUT2D eigenvalue weighted by Gasteiger charge is 2.49. The summed E-state index contributed by atoms with van der Waals surface area (Å²) in [6.07, 6.45) is -0.219. The van der Waals surface area contributed by atoms with Gasteiger partial charge < -0.3 is 15.4 Å². The SMILES string of the molecule is O=C(NCCOCC(F)(F)F)[C@@]12CCCC[C@H]1CNC2. The van der Waals surface area contributed by atoms with Gasteiger partial charge in [-0.25, -0.2) is 0 Å². The molecule has 2 rings (SSSR count). The van der Waals surface area contributed by atoms with E-state index < -0.39 is 12.8 Å². The molecule has 2 N–H and O–H groups in total. The molecule has 2 aliphatic rings. The number of nitrogens with one attached hydrogen (secondary N) is 2. The highest BCUT2D eigenvalue weighted by Crippen LogP contribution is 2.43. The molecule has 0 unspecified atom stereocenters. The second-order valence-electron chi connectivity index (χ2n) is 5.65. The average Bonchev–Trinajstić information content (AvgIpc) is 2.81. The second kappa shape index (κ2) is 6.30. The minimum atomic E-state index is -4.31. The fourth-order valence-corrected chi connectivity index (χ4v) is 3.29. The predicted octanol–water partition coefficient (Wildman–Crippen LogP) is 1.46. The maximum atomic E-state index is 12.3. The molecule has 1 aliphatic carbocycles. The summed E-state index contributed by atoms with van der Waals surface area (Å²) in [6, 6.07) is 0. The number of halogens is 3. The van der Waals surface area contributed by atoms with Crippen LogP contribution in [0, 0.1) is 11.3 Å². The molecule has 0 radical (unpaired) electrons. The number of fused-ring (bicyclic) bond motifs is 1. The number of alkyl halides is 3. The molecule has 20 heavy (non-hydrogen) atoms. The molecule has 7 heteroatoms. The van der Waals surface area contributed by atoms with E-state index >= 15 is 0 Å². The third-order valence-corrected chi connectivity index (χ3v) is 4.29. The Morgan fingerprint density at radius 2 is 2.20 bits per heavy atom. The quantitative estimate of drug-likeness (QED) is 0.755. The van der Waals surface area contributed by atoms with Crippen LogP contribution in [0.5, 0.6) is 0 Å². The van der Waals surface area contributed by atoms with Gasteiger partial charge >= 0.3 is 6.18 Å². The Morgan fingerprint density at radius 1 is 1.40 bits per heavy atom. The van der Waals surface area contributed by atoms with Gasteiger partial charge in [0, 0.05) is 13.1 Å². The Morgan fingerprint density at radius 3 is 2.95 bits per heavy atom. The number of carbonyl (C=O) groups excluding carboxylic acids is 1. The van der Waals surface area contributed by atoms with Crippen LogP contribution >= 0.6 is 0 Å². The lowest BCUT2D eigenvalue weighted by Crippen LogP contribution is -2.48. The minimum absolute atomic E-state index is 0.0391. The van der Waals surface area contributed by atoms with Gasteiger partial charge in [0.05, 0.1) is 12.0 Å². The molecule has 1 saturated carbocycles. The van der Waals surface area contributed by atoms with Crippen molar-refractivity contribution < 1.29 is 22.7 Å². The molecule has 2 fully saturated rings. The van der Waals surface area contributed by atoms with Gasteiger partial charge in [-0.2, -0.15) is 13.2 Å². The van der Waals surface area contributed by atoms with Crippen molar-refractivity contribution in [2.45, 2.75) is 31.9 Å². The third kappa shape index (κ3) is 3.63. The molecule has 1 aliphatic heterocycles. The number of amides is 1. The minimum Gasteiger partial charge on any atom is -0.370 e. The number of rotatable bonds is 5. The zero-order chi connectivity index (χ0) is 14.6. The Bertz CT molecular complexity index is 349. The first-order chi connectivity index (χ1) is 9.44. The van der Waals surface area contributed by atoms with Crippen LogP contribution in [-0.2, 0) is 9.53 Å². The van der Waals surface area contributed by atoms with Crippen molar-refractivity contribution in [2.75, 3.05) is 32.8 Å². The van der Waals surface area contributed by atoms with E-state index in [2.05, 4.69) is 15.4 Å². The van der Waals surface area contributed by atoms with Crippen molar-refractivity contribution in [3.05, 3.63) is 0 Å². The molecule has 0 aromatic heterocycles. The number of ether oxygens (including phenoxy) is 1. The molecule has 0 spiro atoms. The first-order valence-electron chi connectivity index (χ1n) is 7.07. The summed E-state index contributed by atoms with van der Waals surface area (Å²) in [6.45, 7) is 0.284. The fourth-order valence-electron chi connectivity index (χ4n) is 3.29. The number of hydrogen-bond donors (Lipinski definition) is 2. The molecule has 0 aromatic rings. The molecule has 116 valence electrons. The summed E-state index contributed by atoms with van der Waals surface area (Å²) in [5.41, 5.74) is -0.359. The van der Waals surface area contributed by atoms with Gasteiger partial charge in [0.25, 0.3) is 0 Å².